The topological polar surface area (TPSA) is 50.2 Å². The highest BCUT2D eigenvalue weighted by atomic mass is 16.4. The maximum Gasteiger partial charge on any atom is 0.336 e. The lowest BCUT2D eigenvalue weighted by atomic mass is 10.0. The largest absolute Gasteiger partial charge is 0.478 e. The van der Waals surface area contributed by atoms with Crippen LogP contribution in [0.4, 0.5) is 0 Å². The minimum absolute atomic E-state index is 0.298. The summed E-state index contributed by atoms with van der Waals surface area (Å²) in [5.41, 5.74) is 1.01. The Balaban J connectivity index is 2.59. The molecule has 17 heavy (non-hydrogen) atoms. The Bertz CT molecular complexity index is 734. The van der Waals surface area contributed by atoms with E-state index < -0.39 is 5.97 Å². The van der Waals surface area contributed by atoms with Gasteiger partial charge in [-0.1, -0.05) is 30.3 Å². The first kappa shape index (κ1) is 9.78. The van der Waals surface area contributed by atoms with Gasteiger partial charge in [-0.15, -0.1) is 0 Å². The number of hydrogen-bond donors (Lipinski definition) is 1. The van der Waals surface area contributed by atoms with Crippen LogP contribution in [0.2, 0.25) is 0 Å². The van der Waals surface area contributed by atoms with Crippen LogP contribution in [0, 0.1) is 0 Å². The van der Waals surface area contributed by atoms with E-state index in [4.69, 9.17) is 0 Å². The van der Waals surface area contributed by atoms with Crippen LogP contribution in [0.5, 0.6) is 0 Å². The minimum atomic E-state index is -0.922. The SMILES string of the molecule is O=C(O)c1ccnc2ccc3ccccc3c12. The lowest BCUT2D eigenvalue weighted by molar-refractivity contribution is 0.0699. The van der Waals surface area contributed by atoms with Crippen molar-refractivity contribution in [3.05, 3.63) is 54.2 Å². The van der Waals surface area contributed by atoms with Crippen LogP contribution in [0.15, 0.2) is 48.7 Å². The molecule has 0 spiro atoms. The van der Waals surface area contributed by atoms with Gasteiger partial charge in [0.1, 0.15) is 0 Å². The number of benzene rings is 2. The Labute approximate surface area is 97.3 Å². The highest BCUT2D eigenvalue weighted by Gasteiger charge is 2.11. The molecule has 3 nitrogen and oxygen atoms in total. The van der Waals surface area contributed by atoms with Gasteiger partial charge in [-0.05, 0) is 22.9 Å². The summed E-state index contributed by atoms with van der Waals surface area (Å²) >= 11 is 0. The zero-order chi connectivity index (χ0) is 11.8. The first-order valence-electron chi connectivity index (χ1n) is 5.27. The zero-order valence-corrected chi connectivity index (χ0v) is 8.92. The summed E-state index contributed by atoms with van der Waals surface area (Å²) in [6.07, 6.45) is 1.53. The third-order valence-electron chi connectivity index (χ3n) is 2.86. The van der Waals surface area contributed by atoms with Crippen molar-refractivity contribution in [3.63, 3.8) is 0 Å². The van der Waals surface area contributed by atoms with Gasteiger partial charge < -0.3 is 5.11 Å². The van der Waals surface area contributed by atoms with Crippen LogP contribution in [0.1, 0.15) is 10.4 Å². The smallest absolute Gasteiger partial charge is 0.336 e. The van der Waals surface area contributed by atoms with Gasteiger partial charge in [0.15, 0.2) is 0 Å². The quantitative estimate of drug-likeness (QED) is 0.645. The van der Waals surface area contributed by atoms with E-state index in [9.17, 15) is 9.90 Å². The van der Waals surface area contributed by atoms with E-state index in [-0.39, 0.29) is 0 Å². The molecular weight excluding hydrogens is 214 g/mol. The van der Waals surface area contributed by atoms with Crippen LogP contribution in [-0.4, -0.2) is 16.1 Å². The van der Waals surface area contributed by atoms with Crippen molar-refractivity contribution in [2.45, 2.75) is 0 Å². The predicted octanol–water partition coefficient (Wildman–Crippen LogP) is 3.09. The van der Waals surface area contributed by atoms with Crippen LogP contribution in [0.25, 0.3) is 21.7 Å². The molecule has 3 heteroatoms. The van der Waals surface area contributed by atoms with E-state index in [1.54, 1.807) is 0 Å². The summed E-state index contributed by atoms with van der Waals surface area (Å²) in [6, 6.07) is 13.1. The van der Waals surface area contributed by atoms with Crippen molar-refractivity contribution < 1.29 is 9.90 Å². The highest BCUT2D eigenvalue weighted by Crippen LogP contribution is 2.26. The molecule has 3 rings (SSSR count). The van der Waals surface area contributed by atoms with E-state index in [1.165, 1.54) is 12.3 Å². The van der Waals surface area contributed by atoms with E-state index in [1.807, 2.05) is 36.4 Å². The van der Waals surface area contributed by atoms with E-state index in [0.717, 1.165) is 10.8 Å². The number of aromatic nitrogens is 1. The van der Waals surface area contributed by atoms with Crippen molar-refractivity contribution in [1.29, 1.82) is 0 Å². The number of carboxylic acids is 1. The van der Waals surface area contributed by atoms with Crippen molar-refractivity contribution in [2.24, 2.45) is 0 Å². The van der Waals surface area contributed by atoms with Gasteiger partial charge in [0, 0.05) is 11.6 Å². The summed E-state index contributed by atoms with van der Waals surface area (Å²) < 4.78 is 0. The first-order valence-corrected chi connectivity index (χ1v) is 5.27. The summed E-state index contributed by atoms with van der Waals surface area (Å²) in [7, 11) is 0. The fourth-order valence-corrected chi connectivity index (χ4v) is 2.10. The standard InChI is InChI=1S/C14H9NO2/c16-14(17)11-7-8-15-12-6-5-9-3-1-2-4-10(9)13(11)12/h1-8H,(H,16,17). The molecule has 2 aromatic carbocycles. The molecule has 1 aromatic heterocycles. The third kappa shape index (κ3) is 1.44. The molecule has 0 radical (unpaired) electrons. The Morgan fingerprint density at radius 1 is 1.06 bits per heavy atom. The van der Waals surface area contributed by atoms with Gasteiger partial charge in [0.25, 0.3) is 0 Å². The average molecular weight is 223 g/mol. The van der Waals surface area contributed by atoms with Gasteiger partial charge >= 0.3 is 5.97 Å². The van der Waals surface area contributed by atoms with E-state index in [0.29, 0.717) is 16.5 Å². The Hall–Kier alpha value is -2.42. The monoisotopic (exact) mass is 223 g/mol. The molecule has 82 valence electrons. The molecule has 0 unspecified atom stereocenters. The number of rotatable bonds is 1. The van der Waals surface area contributed by atoms with E-state index >= 15 is 0 Å². The van der Waals surface area contributed by atoms with Crippen LogP contribution in [0.3, 0.4) is 0 Å². The molecule has 1 heterocycles. The van der Waals surface area contributed by atoms with Gasteiger partial charge in [-0.2, -0.15) is 0 Å². The van der Waals surface area contributed by atoms with Crippen LogP contribution < -0.4 is 0 Å². The Morgan fingerprint density at radius 3 is 2.71 bits per heavy atom. The molecule has 0 bridgehead atoms. The second-order valence-electron chi connectivity index (χ2n) is 3.84. The molecule has 0 aliphatic heterocycles. The minimum Gasteiger partial charge on any atom is -0.478 e. The summed E-state index contributed by atoms with van der Waals surface area (Å²) in [4.78, 5) is 15.4. The molecule has 0 atom stereocenters. The molecule has 0 aliphatic carbocycles. The Morgan fingerprint density at radius 2 is 1.88 bits per heavy atom. The normalized spacial score (nSPS) is 10.8. The van der Waals surface area contributed by atoms with Crippen molar-refractivity contribution in [1.82, 2.24) is 4.98 Å². The van der Waals surface area contributed by atoms with Crippen molar-refractivity contribution in [3.8, 4) is 0 Å². The second kappa shape index (κ2) is 3.56. The van der Waals surface area contributed by atoms with Crippen LogP contribution in [-0.2, 0) is 0 Å². The molecule has 0 aliphatic rings. The molecule has 0 amide bonds. The fourth-order valence-electron chi connectivity index (χ4n) is 2.10. The second-order valence-corrected chi connectivity index (χ2v) is 3.84. The lowest BCUT2D eigenvalue weighted by Crippen LogP contribution is -1.98. The molecular formula is C14H9NO2. The number of carboxylic acid groups (broad SMARTS) is 1. The molecule has 1 N–H and O–H groups in total. The lowest BCUT2D eigenvalue weighted by Gasteiger charge is -2.05. The zero-order valence-electron chi connectivity index (χ0n) is 8.92. The maximum atomic E-state index is 11.2. The first-order chi connectivity index (χ1) is 8.27. The number of pyridine rings is 1. The summed E-state index contributed by atoms with van der Waals surface area (Å²) in [5, 5.41) is 11.9. The summed E-state index contributed by atoms with van der Waals surface area (Å²) in [6.45, 7) is 0. The van der Waals surface area contributed by atoms with Crippen LogP contribution >= 0.6 is 0 Å². The maximum absolute atomic E-state index is 11.2. The highest BCUT2D eigenvalue weighted by molar-refractivity contribution is 6.15. The van der Waals surface area contributed by atoms with Crippen molar-refractivity contribution >= 4 is 27.6 Å². The Kier molecular flexibility index (Phi) is 2.05. The van der Waals surface area contributed by atoms with Gasteiger partial charge in [-0.25, -0.2) is 4.79 Å². The molecule has 3 aromatic rings. The van der Waals surface area contributed by atoms with E-state index in [2.05, 4.69) is 4.98 Å². The third-order valence-corrected chi connectivity index (χ3v) is 2.86. The van der Waals surface area contributed by atoms with Gasteiger partial charge in [-0.3, -0.25) is 4.98 Å². The molecule has 0 saturated carbocycles. The van der Waals surface area contributed by atoms with Gasteiger partial charge in [0.05, 0.1) is 11.1 Å². The fraction of sp³-hybridized carbons (Fsp3) is 0. The summed E-state index contributed by atoms with van der Waals surface area (Å²) in [5.74, 6) is -0.922. The number of fused-ring (bicyclic) bond motifs is 3. The average Bonchev–Trinajstić information content (AvgIpc) is 2.37. The number of aromatic carboxylic acids is 1. The molecule has 0 fully saturated rings. The number of carbonyl (C=O) groups is 1. The predicted molar refractivity (Wildman–Crippen MR) is 66.2 cm³/mol. The molecule has 0 saturated heterocycles. The van der Waals surface area contributed by atoms with Gasteiger partial charge in [0.2, 0.25) is 0 Å². The number of hydrogen-bond acceptors (Lipinski definition) is 2. The van der Waals surface area contributed by atoms with Crippen molar-refractivity contribution in [2.75, 3.05) is 0 Å². The number of nitrogens with zero attached hydrogens (tertiary/aromatic N) is 1.